The van der Waals surface area contributed by atoms with Crippen LogP contribution >= 0.6 is 11.6 Å². The first-order chi connectivity index (χ1) is 8.77. The zero-order valence-electron chi connectivity index (χ0n) is 10.1. The zero-order chi connectivity index (χ0) is 14.6. The number of carboxylic acid groups (broad SMARTS) is 1. The van der Waals surface area contributed by atoms with Gasteiger partial charge in [-0.25, -0.2) is 17.9 Å². The Morgan fingerprint density at radius 1 is 1.58 bits per heavy atom. The Bertz CT molecular complexity index is 575. The SMILES string of the molecule is COc1ccc(Cl)c(S(=O)(=O)NC[C@H]([NH3+])C(=O)O)c1. The van der Waals surface area contributed by atoms with Gasteiger partial charge < -0.3 is 15.6 Å². The molecule has 0 spiro atoms. The summed E-state index contributed by atoms with van der Waals surface area (Å²) >= 11 is 5.81. The van der Waals surface area contributed by atoms with E-state index in [-0.39, 0.29) is 16.5 Å². The molecule has 5 N–H and O–H groups in total. The number of quaternary nitrogens is 1. The van der Waals surface area contributed by atoms with Crippen LogP contribution in [0.5, 0.6) is 5.75 Å². The van der Waals surface area contributed by atoms with Crippen molar-refractivity contribution < 1.29 is 28.8 Å². The van der Waals surface area contributed by atoms with Crippen molar-refractivity contribution in [2.75, 3.05) is 13.7 Å². The fourth-order valence-corrected chi connectivity index (χ4v) is 2.79. The lowest BCUT2D eigenvalue weighted by Crippen LogP contribution is -2.68. The molecule has 106 valence electrons. The highest BCUT2D eigenvalue weighted by molar-refractivity contribution is 7.89. The Hall–Kier alpha value is -1.35. The van der Waals surface area contributed by atoms with Crippen LogP contribution in [0.3, 0.4) is 0 Å². The van der Waals surface area contributed by atoms with E-state index >= 15 is 0 Å². The zero-order valence-corrected chi connectivity index (χ0v) is 11.7. The van der Waals surface area contributed by atoms with Gasteiger partial charge in [-0.3, -0.25) is 0 Å². The first-order valence-corrected chi connectivity index (χ1v) is 7.03. The minimum Gasteiger partial charge on any atom is -0.497 e. The smallest absolute Gasteiger partial charge is 0.363 e. The normalized spacial score (nSPS) is 13.0. The minimum atomic E-state index is -3.92. The van der Waals surface area contributed by atoms with Crippen molar-refractivity contribution >= 4 is 27.6 Å². The Kier molecular flexibility index (Phi) is 5.12. The van der Waals surface area contributed by atoms with Crippen LogP contribution in [0.1, 0.15) is 0 Å². The van der Waals surface area contributed by atoms with E-state index in [1.54, 1.807) is 0 Å². The van der Waals surface area contributed by atoms with Gasteiger partial charge in [0, 0.05) is 6.07 Å². The molecule has 0 saturated heterocycles. The molecule has 0 aliphatic heterocycles. The van der Waals surface area contributed by atoms with E-state index < -0.39 is 22.0 Å². The monoisotopic (exact) mass is 309 g/mol. The van der Waals surface area contributed by atoms with Crippen LogP contribution in [0, 0.1) is 0 Å². The predicted molar refractivity (Wildman–Crippen MR) is 67.5 cm³/mol. The number of nitrogens with one attached hydrogen (secondary N) is 1. The number of benzene rings is 1. The molecule has 1 rings (SSSR count). The van der Waals surface area contributed by atoms with Gasteiger partial charge in [0.2, 0.25) is 10.0 Å². The molecule has 1 atom stereocenters. The number of carbonyl (C=O) groups is 1. The second-order valence-corrected chi connectivity index (χ2v) is 5.83. The Morgan fingerprint density at radius 3 is 2.74 bits per heavy atom. The van der Waals surface area contributed by atoms with Gasteiger partial charge >= 0.3 is 5.97 Å². The molecule has 1 aromatic rings. The molecule has 0 fully saturated rings. The molecule has 0 bridgehead atoms. The van der Waals surface area contributed by atoms with Crippen molar-refractivity contribution in [3.63, 3.8) is 0 Å². The standard InChI is InChI=1S/C10H13ClN2O5S/c1-18-6-2-3-7(11)9(4-6)19(16,17)13-5-8(12)10(14)15/h2-4,8,13H,5,12H2,1H3,(H,14,15)/p+1/t8-/m0/s1. The second kappa shape index (κ2) is 6.20. The fraction of sp³-hybridized carbons (Fsp3) is 0.300. The number of hydrogen-bond donors (Lipinski definition) is 3. The summed E-state index contributed by atoms with van der Waals surface area (Å²) in [6.45, 7) is -0.328. The third-order valence-corrected chi connectivity index (χ3v) is 4.20. The number of carboxylic acids is 1. The Morgan fingerprint density at radius 2 is 2.21 bits per heavy atom. The van der Waals surface area contributed by atoms with Gasteiger partial charge in [-0.1, -0.05) is 11.6 Å². The molecule has 7 nitrogen and oxygen atoms in total. The molecule has 0 aromatic heterocycles. The van der Waals surface area contributed by atoms with Crippen LogP contribution in [0.25, 0.3) is 0 Å². The molecule has 0 radical (unpaired) electrons. The molecule has 0 aliphatic carbocycles. The van der Waals surface area contributed by atoms with E-state index in [2.05, 4.69) is 10.5 Å². The molecule has 19 heavy (non-hydrogen) atoms. The third kappa shape index (κ3) is 4.06. The van der Waals surface area contributed by atoms with Gasteiger partial charge in [-0.15, -0.1) is 0 Å². The van der Waals surface area contributed by atoms with Crippen molar-refractivity contribution in [2.24, 2.45) is 0 Å². The van der Waals surface area contributed by atoms with Gasteiger partial charge in [-0.2, -0.15) is 0 Å². The second-order valence-electron chi connectivity index (χ2n) is 3.68. The maximum atomic E-state index is 12.0. The fourth-order valence-electron chi connectivity index (χ4n) is 1.19. The number of rotatable bonds is 6. The molecule has 0 saturated carbocycles. The van der Waals surface area contributed by atoms with Crippen LogP contribution in [-0.4, -0.2) is 39.2 Å². The summed E-state index contributed by atoms with van der Waals surface area (Å²) in [4.78, 5) is 10.4. The van der Waals surface area contributed by atoms with Crippen LogP contribution < -0.4 is 15.2 Å². The van der Waals surface area contributed by atoms with Crippen molar-refractivity contribution in [1.82, 2.24) is 4.72 Å². The molecular weight excluding hydrogens is 296 g/mol. The maximum absolute atomic E-state index is 12.0. The van der Waals surface area contributed by atoms with E-state index in [0.717, 1.165) is 0 Å². The highest BCUT2D eigenvalue weighted by Gasteiger charge is 2.23. The summed E-state index contributed by atoms with van der Waals surface area (Å²) in [5.41, 5.74) is 3.31. The van der Waals surface area contributed by atoms with Gasteiger partial charge in [0.05, 0.1) is 18.7 Å². The van der Waals surface area contributed by atoms with Crippen LogP contribution in [0.15, 0.2) is 23.1 Å². The average molecular weight is 310 g/mol. The van der Waals surface area contributed by atoms with Crippen LogP contribution in [0.2, 0.25) is 5.02 Å². The van der Waals surface area contributed by atoms with Crippen molar-refractivity contribution in [3.8, 4) is 5.75 Å². The topological polar surface area (TPSA) is 120 Å². The molecule has 0 heterocycles. The van der Waals surface area contributed by atoms with Crippen LogP contribution in [-0.2, 0) is 14.8 Å². The number of halogens is 1. The summed E-state index contributed by atoms with van der Waals surface area (Å²) in [5.74, 6) is -0.867. The minimum absolute atomic E-state index is 0.0178. The van der Waals surface area contributed by atoms with Crippen molar-refractivity contribution in [1.29, 1.82) is 0 Å². The quantitative estimate of drug-likeness (QED) is 0.643. The summed E-state index contributed by atoms with van der Waals surface area (Å²) < 4.78 is 31.0. The summed E-state index contributed by atoms with van der Waals surface area (Å²) in [6.07, 6.45) is 0. The van der Waals surface area contributed by atoms with E-state index in [0.29, 0.717) is 5.75 Å². The largest absolute Gasteiger partial charge is 0.497 e. The number of sulfonamides is 1. The van der Waals surface area contributed by atoms with Gasteiger partial charge in [0.1, 0.15) is 10.6 Å². The molecular formula is C10H14ClN2O5S+. The first kappa shape index (κ1) is 15.7. The summed E-state index contributed by atoms with van der Waals surface area (Å²) in [7, 11) is -2.53. The Labute approximate surface area is 115 Å². The van der Waals surface area contributed by atoms with E-state index in [1.807, 2.05) is 0 Å². The lowest BCUT2D eigenvalue weighted by molar-refractivity contribution is -0.404. The summed E-state index contributed by atoms with van der Waals surface area (Å²) in [5, 5.41) is 8.66. The molecule has 0 aliphatic rings. The average Bonchev–Trinajstić information content (AvgIpc) is 2.36. The number of ether oxygens (including phenoxy) is 1. The van der Waals surface area contributed by atoms with Gasteiger partial charge in [-0.05, 0) is 12.1 Å². The Balaban J connectivity index is 2.97. The molecule has 0 unspecified atom stereocenters. The predicted octanol–water partition coefficient (Wildman–Crippen LogP) is -0.678. The molecule has 9 heteroatoms. The molecule has 1 aromatic carbocycles. The highest BCUT2D eigenvalue weighted by atomic mass is 35.5. The van der Waals surface area contributed by atoms with Gasteiger partial charge in [0.15, 0.2) is 6.04 Å². The van der Waals surface area contributed by atoms with Gasteiger partial charge in [0.25, 0.3) is 0 Å². The highest BCUT2D eigenvalue weighted by Crippen LogP contribution is 2.25. The van der Waals surface area contributed by atoms with E-state index in [9.17, 15) is 13.2 Å². The maximum Gasteiger partial charge on any atom is 0.363 e. The summed E-state index contributed by atoms with van der Waals surface area (Å²) in [6, 6.07) is 3.07. The number of aliphatic carboxylic acids is 1. The number of methoxy groups -OCH3 is 1. The lowest BCUT2D eigenvalue weighted by Gasteiger charge is -2.10. The third-order valence-electron chi connectivity index (χ3n) is 2.30. The van der Waals surface area contributed by atoms with Crippen LogP contribution in [0.4, 0.5) is 0 Å². The van der Waals surface area contributed by atoms with E-state index in [4.69, 9.17) is 21.4 Å². The van der Waals surface area contributed by atoms with Crippen molar-refractivity contribution in [3.05, 3.63) is 23.2 Å². The lowest BCUT2D eigenvalue weighted by atomic mass is 10.3. The first-order valence-electron chi connectivity index (χ1n) is 5.17. The van der Waals surface area contributed by atoms with Crippen molar-refractivity contribution in [2.45, 2.75) is 10.9 Å². The van der Waals surface area contributed by atoms with E-state index in [1.165, 1.54) is 25.3 Å². The molecule has 0 amide bonds. The number of hydrogen-bond acceptors (Lipinski definition) is 4.